The number of hydrogen-bond donors (Lipinski definition) is 1. The van der Waals surface area contributed by atoms with Crippen LogP contribution in [0.25, 0.3) is 10.9 Å². The SMILES string of the molecule is O=C(Cn1cc(S(=O)(=O)c2ccc(F)cc2)c2ccccc21)Nc1ccc(Cl)cc1. The quantitative estimate of drug-likeness (QED) is 0.447. The van der Waals surface area contributed by atoms with Gasteiger partial charge in [-0.15, -0.1) is 0 Å². The number of nitrogens with one attached hydrogen (secondary N) is 1. The zero-order valence-corrected chi connectivity index (χ0v) is 17.1. The highest BCUT2D eigenvalue weighted by Gasteiger charge is 2.24. The molecule has 3 aromatic carbocycles. The van der Waals surface area contributed by atoms with Crippen molar-refractivity contribution in [3.05, 3.63) is 89.8 Å². The van der Waals surface area contributed by atoms with Crippen molar-refractivity contribution in [3.8, 4) is 0 Å². The minimum atomic E-state index is -3.89. The first kappa shape index (κ1) is 20.1. The van der Waals surface area contributed by atoms with Gasteiger partial charge in [0.25, 0.3) is 0 Å². The first-order valence-electron chi connectivity index (χ1n) is 8.98. The van der Waals surface area contributed by atoms with E-state index >= 15 is 0 Å². The highest BCUT2D eigenvalue weighted by molar-refractivity contribution is 7.91. The Morgan fingerprint density at radius 2 is 1.63 bits per heavy atom. The number of sulfone groups is 1. The Labute approximate surface area is 177 Å². The molecule has 4 aromatic rings. The van der Waals surface area contributed by atoms with Crippen LogP contribution in [0.1, 0.15) is 0 Å². The third-order valence-electron chi connectivity index (χ3n) is 4.61. The van der Waals surface area contributed by atoms with Crippen molar-refractivity contribution < 1.29 is 17.6 Å². The van der Waals surface area contributed by atoms with Crippen LogP contribution in [0, 0.1) is 5.82 Å². The Morgan fingerprint density at radius 3 is 2.33 bits per heavy atom. The molecule has 0 aliphatic carbocycles. The van der Waals surface area contributed by atoms with Crippen molar-refractivity contribution in [2.24, 2.45) is 0 Å². The van der Waals surface area contributed by atoms with E-state index in [4.69, 9.17) is 11.6 Å². The minimum absolute atomic E-state index is 0.0163. The van der Waals surface area contributed by atoms with E-state index in [1.807, 2.05) is 0 Å². The van der Waals surface area contributed by atoms with E-state index in [-0.39, 0.29) is 22.2 Å². The van der Waals surface area contributed by atoms with Gasteiger partial charge in [-0.2, -0.15) is 0 Å². The van der Waals surface area contributed by atoms with Gasteiger partial charge in [-0.3, -0.25) is 4.79 Å². The number of halogens is 2. The molecule has 0 fully saturated rings. The second kappa shape index (κ2) is 7.93. The molecular formula is C22H16ClFN2O3S. The molecule has 0 radical (unpaired) electrons. The molecule has 1 N–H and O–H groups in total. The number of anilines is 1. The Balaban J connectivity index is 1.69. The van der Waals surface area contributed by atoms with Gasteiger partial charge in [-0.05, 0) is 54.6 Å². The number of hydrogen-bond acceptors (Lipinski definition) is 3. The van der Waals surface area contributed by atoms with E-state index in [9.17, 15) is 17.6 Å². The van der Waals surface area contributed by atoms with E-state index in [0.29, 0.717) is 21.6 Å². The predicted molar refractivity (Wildman–Crippen MR) is 114 cm³/mol. The lowest BCUT2D eigenvalue weighted by molar-refractivity contribution is -0.116. The molecule has 0 saturated heterocycles. The lowest BCUT2D eigenvalue weighted by Gasteiger charge is -2.07. The Kier molecular flexibility index (Phi) is 5.32. The number of amides is 1. The van der Waals surface area contributed by atoms with Crippen molar-refractivity contribution >= 4 is 43.9 Å². The summed E-state index contributed by atoms with van der Waals surface area (Å²) in [7, 11) is -3.89. The molecule has 0 unspecified atom stereocenters. The van der Waals surface area contributed by atoms with E-state index in [0.717, 1.165) is 12.1 Å². The monoisotopic (exact) mass is 442 g/mol. The van der Waals surface area contributed by atoms with Gasteiger partial charge in [-0.25, -0.2) is 12.8 Å². The predicted octanol–water partition coefficient (Wildman–Crippen LogP) is 4.91. The fraction of sp³-hybridized carbons (Fsp3) is 0.0455. The summed E-state index contributed by atoms with van der Waals surface area (Å²) < 4.78 is 41.1. The van der Waals surface area contributed by atoms with Crippen LogP contribution in [-0.2, 0) is 21.2 Å². The number of carbonyl (C=O) groups is 1. The van der Waals surface area contributed by atoms with Crippen molar-refractivity contribution in [2.75, 3.05) is 5.32 Å². The molecule has 5 nitrogen and oxygen atoms in total. The maximum atomic E-state index is 13.2. The third kappa shape index (κ3) is 3.94. The summed E-state index contributed by atoms with van der Waals surface area (Å²) in [4.78, 5) is 12.6. The largest absolute Gasteiger partial charge is 0.337 e. The van der Waals surface area contributed by atoms with E-state index in [2.05, 4.69) is 5.32 Å². The first-order chi connectivity index (χ1) is 14.3. The average molecular weight is 443 g/mol. The molecule has 152 valence electrons. The van der Waals surface area contributed by atoms with E-state index < -0.39 is 15.7 Å². The number of rotatable bonds is 5. The molecular weight excluding hydrogens is 427 g/mol. The number of para-hydroxylation sites is 1. The molecule has 4 rings (SSSR count). The van der Waals surface area contributed by atoms with Crippen molar-refractivity contribution in [1.82, 2.24) is 4.57 Å². The van der Waals surface area contributed by atoms with Gasteiger partial charge in [0.15, 0.2) is 0 Å². The molecule has 0 aliphatic rings. The summed E-state index contributed by atoms with van der Waals surface area (Å²) in [6.07, 6.45) is 1.44. The molecule has 8 heteroatoms. The summed E-state index contributed by atoms with van der Waals surface area (Å²) in [5.74, 6) is -0.834. The van der Waals surface area contributed by atoms with Gasteiger partial charge < -0.3 is 9.88 Å². The summed E-state index contributed by atoms with van der Waals surface area (Å²) in [6, 6.07) is 18.3. The molecule has 0 aliphatic heterocycles. The molecule has 0 saturated carbocycles. The zero-order chi connectivity index (χ0) is 21.3. The number of carbonyl (C=O) groups excluding carboxylic acids is 1. The number of benzene rings is 3. The fourth-order valence-corrected chi connectivity index (χ4v) is 4.79. The van der Waals surface area contributed by atoms with Crippen molar-refractivity contribution in [1.29, 1.82) is 0 Å². The summed E-state index contributed by atoms with van der Waals surface area (Å²) in [6.45, 7) is -0.0813. The molecule has 0 bridgehead atoms. The normalized spacial score (nSPS) is 11.5. The second-order valence-electron chi connectivity index (χ2n) is 6.65. The van der Waals surface area contributed by atoms with Crippen LogP contribution in [-0.4, -0.2) is 18.9 Å². The molecule has 1 aromatic heterocycles. The van der Waals surface area contributed by atoms with Crippen LogP contribution >= 0.6 is 11.6 Å². The smallest absolute Gasteiger partial charge is 0.244 e. The molecule has 1 amide bonds. The van der Waals surface area contributed by atoms with E-state index in [1.165, 1.54) is 18.3 Å². The summed E-state index contributed by atoms with van der Waals surface area (Å²) >= 11 is 5.85. The van der Waals surface area contributed by atoms with Gasteiger partial charge in [0, 0.05) is 27.8 Å². The number of nitrogens with zero attached hydrogens (tertiary/aromatic N) is 1. The maximum absolute atomic E-state index is 13.2. The van der Waals surface area contributed by atoms with Gasteiger partial charge in [-0.1, -0.05) is 29.8 Å². The zero-order valence-electron chi connectivity index (χ0n) is 15.5. The third-order valence-corrected chi connectivity index (χ3v) is 6.66. The van der Waals surface area contributed by atoms with Crippen LogP contribution < -0.4 is 5.32 Å². The van der Waals surface area contributed by atoms with Crippen molar-refractivity contribution in [2.45, 2.75) is 16.3 Å². The van der Waals surface area contributed by atoms with Crippen LogP contribution in [0.4, 0.5) is 10.1 Å². The Morgan fingerprint density at radius 1 is 0.967 bits per heavy atom. The van der Waals surface area contributed by atoms with Crippen LogP contribution in [0.15, 0.2) is 88.8 Å². The average Bonchev–Trinajstić information content (AvgIpc) is 3.09. The topological polar surface area (TPSA) is 68.2 Å². The summed E-state index contributed by atoms with van der Waals surface area (Å²) in [5.41, 5.74) is 1.18. The van der Waals surface area contributed by atoms with E-state index in [1.54, 1.807) is 53.1 Å². The van der Waals surface area contributed by atoms with Crippen LogP contribution in [0.3, 0.4) is 0 Å². The molecule has 1 heterocycles. The van der Waals surface area contributed by atoms with Gasteiger partial charge in [0.1, 0.15) is 12.4 Å². The molecule has 30 heavy (non-hydrogen) atoms. The Hall–Kier alpha value is -3.16. The highest BCUT2D eigenvalue weighted by atomic mass is 35.5. The highest BCUT2D eigenvalue weighted by Crippen LogP contribution is 2.30. The fourth-order valence-electron chi connectivity index (χ4n) is 3.19. The standard InChI is InChI=1S/C22H16ClFN2O3S/c23-15-5-9-17(10-6-15)25-22(27)14-26-13-21(19-3-1-2-4-20(19)26)30(28,29)18-11-7-16(24)8-12-18/h1-13H,14H2,(H,25,27). The maximum Gasteiger partial charge on any atom is 0.244 e. The molecule has 0 atom stereocenters. The lowest BCUT2D eigenvalue weighted by Crippen LogP contribution is -2.18. The lowest BCUT2D eigenvalue weighted by atomic mass is 10.2. The van der Waals surface area contributed by atoms with Gasteiger partial charge in [0.05, 0.1) is 9.79 Å². The molecule has 0 spiro atoms. The second-order valence-corrected chi connectivity index (χ2v) is 9.01. The van der Waals surface area contributed by atoms with Gasteiger partial charge in [0.2, 0.25) is 15.7 Å². The summed E-state index contributed by atoms with van der Waals surface area (Å²) in [5, 5.41) is 3.80. The number of aromatic nitrogens is 1. The Bertz CT molecular complexity index is 1330. The minimum Gasteiger partial charge on any atom is -0.337 e. The number of fused-ring (bicyclic) bond motifs is 1. The van der Waals surface area contributed by atoms with Crippen molar-refractivity contribution in [3.63, 3.8) is 0 Å². The van der Waals surface area contributed by atoms with Crippen LogP contribution in [0.2, 0.25) is 5.02 Å². The van der Waals surface area contributed by atoms with Gasteiger partial charge >= 0.3 is 0 Å². The van der Waals surface area contributed by atoms with Crippen LogP contribution in [0.5, 0.6) is 0 Å². The first-order valence-corrected chi connectivity index (χ1v) is 10.8.